The molecule has 1 saturated heterocycles. The monoisotopic (exact) mass is 641 g/mol. The predicted molar refractivity (Wildman–Crippen MR) is 166 cm³/mol. The van der Waals surface area contributed by atoms with Crippen molar-refractivity contribution in [2.45, 2.75) is 61.6 Å². The number of benzene rings is 3. The highest BCUT2D eigenvalue weighted by molar-refractivity contribution is 7.93. The van der Waals surface area contributed by atoms with Crippen LogP contribution in [0.25, 0.3) is 0 Å². The predicted octanol–water partition coefficient (Wildman–Crippen LogP) is 5.66. The molecule has 2 N–H and O–H groups in total. The minimum atomic E-state index is -3.67. The van der Waals surface area contributed by atoms with Crippen LogP contribution in [0.1, 0.15) is 55.4 Å². The number of primary amides is 1. The lowest BCUT2D eigenvalue weighted by molar-refractivity contribution is -0.181. The Morgan fingerprint density at radius 3 is 2.23 bits per heavy atom. The van der Waals surface area contributed by atoms with E-state index in [9.17, 15) is 18.0 Å². The molecule has 3 fully saturated rings. The molecule has 1 aliphatic heterocycles. The Morgan fingerprint density at radius 1 is 0.930 bits per heavy atom. The average molecular weight is 643 g/mol. The Kier molecular flexibility index (Phi) is 8.43. The number of rotatable bonds is 11. The molecule has 43 heavy (non-hydrogen) atoms. The van der Waals surface area contributed by atoms with Crippen molar-refractivity contribution in [1.29, 1.82) is 0 Å². The molecule has 0 radical (unpaired) electrons. The van der Waals surface area contributed by atoms with Crippen molar-refractivity contribution in [2.24, 2.45) is 11.7 Å². The van der Waals surface area contributed by atoms with E-state index in [0.717, 1.165) is 24.0 Å². The molecule has 2 aliphatic carbocycles. The maximum absolute atomic E-state index is 14.4. The van der Waals surface area contributed by atoms with Crippen LogP contribution in [-0.2, 0) is 24.3 Å². The molecule has 3 aromatic rings. The second kappa shape index (κ2) is 12.1. The fourth-order valence-electron chi connectivity index (χ4n) is 6.00. The minimum Gasteiger partial charge on any atom is -0.370 e. The summed E-state index contributed by atoms with van der Waals surface area (Å²) in [5.74, 6) is -1.00. The number of carbonyl (C=O) groups is 2. The van der Waals surface area contributed by atoms with Crippen molar-refractivity contribution in [3.8, 4) is 0 Å². The molecule has 2 amide bonds. The number of para-hydroxylation sites is 1. The second-order valence-electron chi connectivity index (χ2n) is 11.5. The van der Waals surface area contributed by atoms with Gasteiger partial charge in [-0.1, -0.05) is 65.7 Å². The average Bonchev–Trinajstić information content (AvgIpc) is 3.89. The molecule has 8 nitrogen and oxygen atoms in total. The lowest BCUT2D eigenvalue weighted by Crippen LogP contribution is -2.59. The molecule has 226 valence electrons. The van der Waals surface area contributed by atoms with E-state index in [-0.39, 0.29) is 18.9 Å². The zero-order valence-electron chi connectivity index (χ0n) is 23.4. The Labute approximate surface area is 261 Å². The van der Waals surface area contributed by atoms with Crippen molar-refractivity contribution < 1.29 is 22.7 Å². The zero-order chi connectivity index (χ0) is 30.3. The van der Waals surface area contributed by atoms with Gasteiger partial charge in [0.2, 0.25) is 15.9 Å². The largest absolute Gasteiger partial charge is 0.370 e. The molecule has 3 aliphatic rings. The quantitative estimate of drug-likeness (QED) is 0.291. The highest BCUT2D eigenvalue weighted by Crippen LogP contribution is 2.48. The van der Waals surface area contributed by atoms with E-state index in [1.165, 1.54) is 4.31 Å². The molecule has 0 spiro atoms. The molecule has 0 unspecified atom stereocenters. The summed E-state index contributed by atoms with van der Waals surface area (Å²) >= 11 is 12.7. The van der Waals surface area contributed by atoms with Crippen molar-refractivity contribution >= 4 is 50.7 Å². The smallest absolute Gasteiger partial charge is 0.253 e. The lowest BCUT2D eigenvalue weighted by Gasteiger charge is -2.49. The number of hydrogen-bond acceptors (Lipinski definition) is 5. The summed E-state index contributed by atoms with van der Waals surface area (Å²) in [7, 11) is -3.67. The summed E-state index contributed by atoms with van der Waals surface area (Å²) in [5.41, 5.74) is 7.64. The summed E-state index contributed by atoms with van der Waals surface area (Å²) in [6.45, 7) is 0.0783. The number of sulfonamides is 1. The van der Waals surface area contributed by atoms with E-state index >= 15 is 0 Å². The molecule has 6 rings (SSSR count). The number of nitrogens with two attached hydrogens (primary N) is 1. The van der Waals surface area contributed by atoms with Gasteiger partial charge < -0.3 is 15.4 Å². The highest BCUT2D eigenvalue weighted by atomic mass is 35.5. The fraction of sp³-hybridized carbons (Fsp3) is 0.375. The third-order valence-electron chi connectivity index (χ3n) is 8.38. The molecule has 3 aromatic carbocycles. The highest BCUT2D eigenvalue weighted by Gasteiger charge is 2.52. The first-order valence-corrected chi connectivity index (χ1v) is 16.7. The van der Waals surface area contributed by atoms with Gasteiger partial charge in [0.15, 0.2) is 0 Å². The molecule has 0 aromatic heterocycles. The van der Waals surface area contributed by atoms with Gasteiger partial charge in [-0.25, -0.2) is 8.42 Å². The van der Waals surface area contributed by atoms with Gasteiger partial charge in [0.1, 0.15) is 12.2 Å². The number of nitrogens with zero attached hydrogens (tertiary/aromatic N) is 2. The van der Waals surface area contributed by atoms with Crippen LogP contribution < -0.4 is 10.0 Å². The van der Waals surface area contributed by atoms with Gasteiger partial charge in [-0.2, -0.15) is 0 Å². The third-order valence-corrected chi connectivity index (χ3v) is 11.2. The van der Waals surface area contributed by atoms with Gasteiger partial charge in [-0.05, 0) is 79.1 Å². The zero-order valence-corrected chi connectivity index (χ0v) is 25.7. The summed E-state index contributed by atoms with van der Waals surface area (Å²) in [4.78, 5) is 28.3. The van der Waals surface area contributed by atoms with Gasteiger partial charge in [0.05, 0.1) is 36.0 Å². The minimum absolute atomic E-state index is 0.0618. The molecule has 2 saturated carbocycles. The van der Waals surface area contributed by atoms with Gasteiger partial charge in [0, 0.05) is 10.0 Å². The molecule has 11 heteroatoms. The Morgan fingerprint density at radius 2 is 1.63 bits per heavy atom. The Hall–Kier alpha value is -3.11. The van der Waals surface area contributed by atoms with E-state index < -0.39 is 51.4 Å². The van der Waals surface area contributed by atoms with Crippen LogP contribution in [0.5, 0.6) is 0 Å². The first-order valence-electron chi connectivity index (χ1n) is 14.5. The third kappa shape index (κ3) is 6.41. The van der Waals surface area contributed by atoms with Crippen molar-refractivity contribution in [3.05, 3.63) is 100 Å². The molecule has 4 atom stereocenters. The van der Waals surface area contributed by atoms with Crippen LogP contribution in [0.15, 0.2) is 78.9 Å². The molecule has 1 heterocycles. The Balaban J connectivity index is 1.49. The molecule has 0 bridgehead atoms. The number of morpholine rings is 1. The van der Waals surface area contributed by atoms with Crippen LogP contribution in [-0.4, -0.2) is 49.1 Å². The second-order valence-corrected chi connectivity index (χ2v) is 14.5. The molecular weight excluding hydrogens is 609 g/mol. The van der Waals surface area contributed by atoms with E-state index in [1.807, 2.05) is 42.5 Å². The summed E-state index contributed by atoms with van der Waals surface area (Å²) in [6.07, 6.45) is 0.751. The first-order chi connectivity index (χ1) is 20.6. The van der Waals surface area contributed by atoms with Crippen molar-refractivity contribution in [1.82, 2.24) is 4.90 Å². The lowest BCUT2D eigenvalue weighted by atomic mass is 9.89. The van der Waals surface area contributed by atoms with Gasteiger partial charge in [-0.15, -0.1) is 0 Å². The van der Waals surface area contributed by atoms with Crippen molar-refractivity contribution in [3.63, 3.8) is 0 Å². The van der Waals surface area contributed by atoms with Crippen LogP contribution in [0.4, 0.5) is 5.69 Å². The van der Waals surface area contributed by atoms with E-state index in [4.69, 9.17) is 33.7 Å². The maximum Gasteiger partial charge on any atom is 0.253 e. The van der Waals surface area contributed by atoms with Gasteiger partial charge in [-0.3, -0.25) is 13.9 Å². The number of halogens is 2. The topological polar surface area (TPSA) is 110 Å². The number of carbonyl (C=O) groups excluding carboxylic acids is 2. The van der Waals surface area contributed by atoms with Crippen LogP contribution >= 0.6 is 23.2 Å². The van der Waals surface area contributed by atoms with E-state index in [0.29, 0.717) is 28.6 Å². The SMILES string of the molecule is NC(=O)C[C@H]1O[C@H](c2cccc(Cl)c2)[C@@H](c2ccc(Cl)cc2)N([C@H](CN(c2ccccc2)S(=O)(=O)C2CC2)C2CC2)C1=O. The number of ether oxygens (including phenoxy) is 1. The van der Waals surface area contributed by atoms with Crippen LogP contribution in [0.2, 0.25) is 10.0 Å². The first kappa shape index (κ1) is 29.9. The van der Waals surface area contributed by atoms with Gasteiger partial charge >= 0.3 is 0 Å². The Bertz CT molecular complexity index is 1600. The normalized spacial score (nSPS) is 23.2. The summed E-state index contributed by atoms with van der Waals surface area (Å²) < 4.78 is 35.6. The standard InChI is InChI=1S/C32H33Cl2N3O5S/c33-23-13-11-21(12-14-23)30-31(22-5-4-6-24(34)17-22)42-28(18-29(35)38)32(39)37(30)27(20-9-10-20)19-36(25-7-2-1-3-8-25)43(40,41)26-15-16-26/h1-8,11-14,17,20,26-28,30-31H,9-10,15-16,18-19H2,(H2,35,38)/t27-,28-,30-,31-/m1/s1. The van der Waals surface area contributed by atoms with E-state index in [1.54, 1.807) is 41.3 Å². The number of hydrogen-bond donors (Lipinski definition) is 1. The number of amides is 2. The fourth-order valence-corrected chi connectivity index (χ4v) is 8.19. The summed E-state index contributed by atoms with van der Waals surface area (Å²) in [5, 5.41) is 0.589. The van der Waals surface area contributed by atoms with Crippen LogP contribution in [0, 0.1) is 5.92 Å². The van der Waals surface area contributed by atoms with E-state index in [2.05, 4.69) is 0 Å². The maximum atomic E-state index is 14.4. The summed E-state index contributed by atoms with van der Waals surface area (Å²) in [6, 6.07) is 22.3. The number of anilines is 1. The molecular formula is C32H33Cl2N3O5S. The van der Waals surface area contributed by atoms with Gasteiger partial charge in [0.25, 0.3) is 5.91 Å². The van der Waals surface area contributed by atoms with Crippen LogP contribution in [0.3, 0.4) is 0 Å². The van der Waals surface area contributed by atoms with Crippen molar-refractivity contribution in [2.75, 3.05) is 10.8 Å².